The summed E-state index contributed by atoms with van der Waals surface area (Å²) in [4.78, 5) is 0. The zero-order valence-corrected chi connectivity index (χ0v) is 9.05. The summed E-state index contributed by atoms with van der Waals surface area (Å²) >= 11 is 0. The third-order valence-electron chi connectivity index (χ3n) is 2.42. The van der Waals surface area contributed by atoms with Gasteiger partial charge in [-0.05, 0) is 32.8 Å². The van der Waals surface area contributed by atoms with Gasteiger partial charge in [-0.1, -0.05) is 29.8 Å². The van der Waals surface area contributed by atoms with E-state index in [0.29, 0.717) is 6.42 Å². The molecule has 1 unspecified atom stereocenters. The van der Waals surface area contributed by atoms with Gasteiger partial charge in [0.25, 0.3) is 0 Å². The first-order valence-electron chi connectivity index (χ1n) is 4.89. The summed E-state index contributed by atoms with van der Waals surface area (Å²) in [7, 11) is 0. The SMILES string of the molecule is Cc1cccc(CC(N)C(C)(C)F)c1. The van der Waals surface area contributed by atoms with Crippen LogP contribution in [-0.2, 0) is 6.42 Å². The highest BCUT2D eigenvalue weighted by Gasteiger charge is 2.25. The van der Waals surface area contributed by atoms with Crippen LogP contribution in [0.2, 0.25) is 0 Å². The number of aryl methyl sites for hydroxylation is 1. The second-order valence-corrected chi connectivity index (χ2v) is 4.36. The highest BCUT2D eigenvalue weighted by molar-refractivity contribution is 5.23. The average molecular weight is 195 g/mol. The van der Waals surface area contributed by atoms with Crippen LogP contribution in [0.1, 0.15) is 25.0 Å². The van der Waals surface area contributed by atoms with Crippen molar-refractivity contribution in [3.8, 4) is 0 Å². The Bertz CT molecular complexity index is 301. The van der Waals surface area contributed by atoms with Crippen LogP contribution < -0.4 is 5.73 Å². The molecule has 0 aliphatic carbocycles. The first-order valence-corrected chi connectivity index (χ1v) is 4.89. The van der Waals surface area contributed by atoms with Gasteiger partial charge in [-0.3, -0.25) is 0 Å². The van der Waals surface area contributed by atoms with Gasteiger partial charge in [0.2, 0.25) is 0 Å². The Morgan fingerprint density at radius 3 is 2.57 bits per heavy atom. The monoisotopic (exact) mass is 195 g/mol. The zero-order chi connectivity index (χ0) is 10.8. The summed E-state index contributed by atoms with van der Waals surface area (Å²) in [5, 5.41) is 0. The fourth-order valence-electron chi connectivity index (χ4n) is 1.34. The van der Waals surface area contributed by atoms with E-state index in [0.717, 1.165) is 5.56 Å². The molecule has 1 aromatic carbocycles. The van der Waals surface area contributed by atoms with Crippen molar-refractivity contribution in [3.05, 3.63) is 35.4 Å². The summed E-state index contributed by atoms with van der Waals surface area (Å²) in [5.41, 5.74) is 6.73. The largest absolute Gasteiger partial charge is 0.325 e. The average Bonchev–Trinajstić information content (AvgIpc) is 2.02. The van der Waals surface area contributed by atoms with Crippen LogP contribution >= 0.6 is 0 Å². The number of rotatable bonds is 3. The highest BCUT2D eigenvalue weighted by atomic mass is 19.1. The molecule has 0 spiro atoms. The molecule has 0 aromatic heterocycles. The number of benzene rings is 1. The van der Waals surface area contributed by atoms with E-state index in [1.165, 1.54) is 19.4 Å². The van der Waals surface area contributed by atoms with Crippen molar-refractivity contribution in [3.63, 3.8) is 0 Å². The van der Waals surface area contributed by atoms with Gasteiger partial charge in [-0.2, -0.15) is 0 Å². The lowest BCUT2D eigenvalue weighted by Crippen LogP contribution is -2.41. The van der Waals surface area contributed by atoms with E-state index < -0.39 is 11.7 Å². The molecule has 1 aromatic rings. The molecule has 0 heterocycles. The molecule has 0 aliphatic heterocycles. The Kier molecular flexibility index (Phi) is 3.27. The van der Waals surface area contributed by atoms with Crippen LogP contribution in [-0.4, -0.2) is 11.7 Å². The second-order valence-electron chi connectivity index (χ2n) is 4.36. The fraction of sp³-hybridized carbons (Fsp3) is 0.500. The minimum absolute atomic E-state index is 0.440. The van der Waals surface area contributed by atoms with Gasteiger partial charge in [0.15, 0.2) is 0 Å². The molecule has 1 nitrogen and oxygen atoms in total. The molecule has 78 valence electrons. The van der Waals surface area contributed by atoms with Crippen LogP contribution in [0.25, 0.3) is 0 Å². The maximum atomic E-state index is 13.4. The third-order valence-corrected chi connectivity index (χ3v) is 2.42. The molecule has 0 amide bonds. The topological polar surface area (TPSA) is 26.0 Å². The van der Waals surface area contributed by atoms with E-state index in [2.05, 4.69) is 0 Å². The van der Waals surface area contributed by atoms with Crippen molar-refractivity contribution < 1.29 is 4.39 Å². The minimum atomic E-state index is -1.32. The van der Waals surface area contributed by atoms with E-state index in [1.54, 1.807) is 0 Å². The Morgan fingerprint density at radius 2 is 2.07 bits per heavy atom. The molecule has 0 radical (unpaired) electrons. The number of nitrogens with two attached hydrogens (primary N) is 1. The lowest BCUT2D eigenvalue weighted by molar-refractivity contribution is 0.172. The highest BCUT2D eigenvalue weighted by Crippen LogP contribution is 2.17. The first-order chi connectivity index (χ1) is 6.39. The van der Waals surface area contributed by atoms with Crippen LogP contribution in [0.15, 0.2) is 24.3 Å². The van der Waals surface area contributed by atoms with Crippen molar-refractivity contribution in [1.82, 2.24) is 0 Å². The summed E-state index contributed by atoms with van der Waals surface area (Å²) in [5.74, 6) is 0. The van der Waals surface area contributed by atoms with Crippen molar-refractivity contribution in [2.45, 2.75) is 38.9 Å². The summed E-state index contributed by atoms with van der Waals surface area (Å²) in [6, 6.07) is 7.59. The van der Waals surface area contributed by atoms with Crippen molar-refractivity contribution >= 4 is 0 Å². The van der Waals surface area contributed by atoms with E-state index >= 15 is 0 Å². The Morgan fingerprint density at radius 1 is 1.43 bits per heavy atom. The Balaban J connectivity index is 2.70. The van der Waals surface area contributed by atoms with Gasteiger partial charge in [0.05, 0.1) is 0 Å². The number of alkyl halides is 1. The van der Waals surface area contributed by atoms with Crippen LogP contribution in [0.3, 0.4) is 0 Å². The number of hydrogen-bond donors (Lipinski definition) is 1. The normalized spacial score (nSPS) is 14.1. The van der Waals surface area contributed by atoms with Gasteiger partial charge >= 0.3 is 0 Å². The molecule has 0 saturated heterocycles. The van der Waals surface area contributed by atoms with Crippen LogP contribution in [0, 0.1) is 6.92 Å². The van der Waals surface area contributed by atoms with E-state index in [-0.39, 0.29) is 0 Å². The van der Waals surface area contributed by atoms with Crippen molar-refractivity contribution in [2.75, 3.05) is 0 Å². The van der Waals surface area contributed by atoms with Crippen LogP contribution in [0.4, 0.5) is 4.39 Å². The minimum Gasteiger partial charge on any atom is -0.325 e. The lowest BCUT2D eigenvalue weighted by atomic mass is 9.94. The molecule has 2 heteroatoms. The lowest BCUT2D eigenvalue weighted by Gasteiger charge is -2.23. The molecule has 0 aliphatic rings. The standard InChI is InChI=1S/C12H18FN/c1-9-5-4-6-10(7-9)8-11(14)12(2,3)13/h4-7,11H,8,14H2,1-3H3. The number of hydrogen-bond acceptors (Lipinski definition) is 1. The van der Waals surface area contributed by atoms with Gasteiger partial charge < -0.3 is 5.73 Å². The first kappa shape index (κ1) is 11.2. The molecule has 1 atom stereocenters. The quantitative estimate of drug-likeness (QED) is 0.788. The van der Waals surface area contributed by atoms with Gasteiger partial charge in [0.1, 0.15) is 5.67 Å². The fourth-order valence-corrected chi connectivity index (χ4v) is 1.34. The summed E-state index contributed by atoms with van der Waals surface area (Å²) in [6.07, 6.45) is 0.588. The maximum Gasteiger partial charge on any atom is 0.120 e. The third kappa shape index (κ3) is 3.11. The molecular weight excluding hydrogens is 177 g/mol. The van der Waals surface area contributed by atoms with Gasteiger partial charge in [0, 0.05) is 6.04 Å². The molecule has 14 heavy (non-hydrogen) atoms. The van der Waals surface area contributed by atoms with E-state index in [9.17, 15) is 4.39 Å². The maximum absolute atomic E-state index is 13.4. The van der Waals surface area contributed by atoms with Gasteiger partial charge in [-0.15, -0.1) is 0 Å². The smallest absolute Gasteiger partial charge is 0.120 e. The molecule has 0 bridgehead atoms. The van der Waals surface area contributed by atoms with Crippen molar-refractivity contribution in [1.29, 1.82) is 0 Å². The molecular formula is C12H18FN. The van der Waals surface area contributed by atoms with Crippen molar-refractivity contribution in [2.24, 2.45) is 5.73 Å². The predicted octanol–water partition coefficient (Wildman–Crippen LogP) is 2.61. The molecule has 0 fully saturated rings. The van der Waals surface area contributed by atoms with E-state index in [4.69, 9.17) is 5.73 Å². The zero-order valence-electron chi connectivity index (χ0n) is 9.05. The van der Waals surface area contributed by atoms with Gasteiger partial charge in [-0.25, -0.2) is 4.39 Å². The Labute approximate surface area is 85.1 Å². The predicted molar refractivity (Wildman–Crippen MR) is 58.0 cm³/mol. The summed E-state index contributed by atoms with van der Waals surface area (Å²) in [6.45, 7) is 5.07. The molecule has 2 N–H and O–H groups in total. The van der Waals surface area contributed by atoms with Crippen LogP contribution in [0.5, 0.6) is 0 Å². The Hall–Kier alpha value is -0.890. The second kappa shape index (κ2) is 4.09. The summed E-state index contributed by atoms with van der Waals surface area (Å²) < 4.78 is 13.4. The van der Waals surface area contributed by atoms with E-state index in [1.807, 2.05) is 31.2 Å². The number of halogens is 1. The molecule has 1 rings (SSSR count). The molecule has 0 saturated carbocycles.